The lowest BCUT2D eigenvalue weighted by molar-refractivity contribution is -0.123. The van der Waals surface area contributed by atoms with Gasteiger partial charge < -0.3 is 15.8 Å². The first-order valence-corrected chi connectivity index (χ1v) is 6.79. The number of carbonyl (C=O) groups excluding carboxylic acids is 1. The second kappa shape index (κ2) is 7.74. The van der Waals surface area contributed by atoms with Crippen LogP contribution in [-0.2, 0) is 4.79 Å². The van der Waals surface area contributed by atoms with E-state index in [1.165, 1.54) is 0 Å². The molecule has 1 aromatic carbocycles. The highest BCUT2D eigenvalue weighted by molar-refractivity contribution is 7.80. The van der Waals surface area contributed by atoms with Gasteiger partial charge in [-0.25, -0.2) is 0 Å². The third-order valence-corrected chi connectivity index (χ3v) is 3.10. The van der Waals surface area contributed by atoms with Gasteiger partial charge in [0.15, 0.2) is 6.61 Å². The Morgan fingerprint density at radius 3 is 2.37 bits per heavy atom. The minimum Gasteiger partial charge on any atom is -0.484 e. The lowest BCUT2D eigenvalue weighted by Gasteiger charge is -2.15. The molecule has 4 nitrogen and oxygen atoms in total. The van der Waals surface area contributed by atoms with E-state index in [1.807, 2.05) is 13.8 Å². The molecular weight excluding hydrogens is 260 g/mol. The van der Waals surface area contributed by atoms with Gasteiger partial charge in [0, 0.05) is 11.6 Å². The van der Waals surface area contributed by atoms with Crippen molar-refractivity contribution in [3.63, 3.8) is 0 Å². The molecule has 104 valence electrons. The zero-order chi connectivity index (χ0) is 14.3. The lowest BCUT2D eigenvalue weighted by atomic mass is 10.2. The van der Waals surface area contributed by atoms with E-state index in [1.54, 1.807) is 24.3 Å². The van der Waals surface area contributed by atoms with Crippen molar-refractivity contribution in [3.05, 3.63) is 29.8 Å². The van der Waals surface area contributed by atoms with Crippen molar-refractivity contribution < 1.29 is 9.53 Å². The maximum absolute atomic E-state index is 11.6. The summed E-state index contributed by atoms with van der Waals surface area (Å²) in [5.41, 5.74) is 6.28. The summed E-state index contributed by atoms with van der Waals surface area (Å²) in [7, 11) is 0. The van der Waals surface area contributed by atoms with Crippen LogP contribution in [0.2, 0.25) is 0 Å². The zero-order valence-electron chi connectivity index (χ0n) is 11.3. The summed E-state index contributed by atoms with van der Waals surface area (Å²) in [6, 6.07) is 7.26. The van der Waals surface area contributed by atoms with Gasteiger partial charge in [0.2, 0.25) is 0 Å². The predicted octanol–water partition coefficient (Wildman–Crippen LogP) is 2.00. The molecule has 1 rings (SSSR count). The number of carbonyl (C=O) groups is 1. The Bertz CT molecular complexity index is 428. The molecule has 1 amide bonds. The lowest BCUT2D eigenvalue weighted by Crippen LogP contribution is -2.37. The van der Waals surface area contributed by atoms with Crippen LogP contribution in [0.25, 0.3) is 0 Å². The zero-order valence-corrected chi connectivity index (χ0v) is 12.1. The molecule has 0 bridgehead atoms. The molecule has 0 aliphatic carbocycles. The van der Waals surface area contributed by atoms with E-state index in [0.29, 0.717) is 10.7 Å². The Hall–Kier alpha value is -1.62. The van der Waals surface area contributed by atoms with Crippen LogP contribution in [0.15, 0.2) is 24.3 Å². The van der Waals surface area contributed by atoms with E-state index >= 15 is 0 Å². The highest BCUT2D eigenvalue weighted by Crippen LogP contribution is 2.12. The molecule has 1 aromatic rings. The number of thiocarbonyl (C=S) groups is 1. The monoisotopic (exact) mass is 280 g/mol. The van der Waals surface area contributed by atoms with Crippen LogP contribution in [0, 0.1) is 0 Å². The summed E-state index contributed by atoms with van der Waals surface area (Å²) in [6.45, 7) is 4.11. The molecular formula is C14H20N2O2S. The summed E-state index contributed by atoms with van der Waals surface area (Å²) in [5, 5.41) is 2.91. The molecule has 0 saturated heterocycles. The van der Waals surface area contributed by atoms with Crippen molar-refractivity contribution in [2.45, 2.75) is 32.7 Å². The van der Waals surface area contributed by atoms with Crippen LogP contribution in [0.5, 0.6) is 5.75 Å². The Kier molecular flexibility index (Phi) is 6.29. The van der Waals surface area contributed by atoms with E-state index in [4.69, 9.17) is 22.7 Å². The number of rotatable bonds is 7. The maximum Gasteiger partial charge on any atom is 0.258 e. The number of hydrogen-bond donors (Lipinski definition) is 2. The van der Waals surface area contributed by atoms with E-state index < -0.39 is 0 Å². The first kappa shape index (κ1) is 15.4. The highest BCUT2D eigenvalue weighted by Gasteiger charge is 2.08. The smallest absolute Gasteiger partial charge is 0.258 e. The third kappa shape index (κ3) is 5.26. The van der Waals surface area contributed by atoms with Crippen LogP contribution in [0.1, 0.15) is 32.3 Å². The van der Waals surface area contributed by atoms with Gasteiger partial charge >= 0.3 is 0 Å². The Morgan fingerprint density at radius 2 is 1.89 bits per heavy atom. The molecule has 0 radical (unpaired) electrons. The van der Waals surface area contributed by atoms with Crippen molar-refractivity contribution in [2.24, 2.45) is 5.73 Å². The Labute approximate surface area is 119 Å². The number of nitrogens with two attached hydrogens (primary N) is 1. The molecule has 0 unspecified atom stereocenters. The van der Waals surface area contributed by atoms with Crippen molar-refractivity contribution in [3.8, 4) is 5.75 Å². The number of amides is 1. The standard InChI is InChI=1S/C14H20N2O2S/c1-3-11(4-2)16-13(17)9-18-12-7-5-10(6-8-12)14(15)19/h5-8,11H,3-4,9H2,1-2H3,(H2,15,19)(H,16,17). The van der Waals surface area contributed by atoms with Crippen molar-refractivity contribution >= 4 is 23.1 Å². The fraction of sp³-hybridized carbons (Fsp3) is 0.429. The van der Waals surface area contributed by atoms with Gasteiger partial charge in [0.05, 0.1) is 0 Å². The fourth-order valence-electron chi connectivity index (χ4n) is 1.63. The molecule has 5 heteroatoms. The summed E-state index contributed by atoms with van der Waals surface area (Å²) in [6.07, 6.45) is 1.84. The molecule has 19 heavy (non-hydrogen) atoms. The van der Waals surface area contributed by atoms with E-state index in [-0.39, 0.29) is 18.6 Å². The van der Waals surface area contributed by atoms with Crippen LogP contribution in [-0.4, -0.2) is 23.5 Å². The first-order chi connectivity index (χ1) is 9.06. The number of benzene rings is 1. The van der Waals surface area contributed by atoms with Gasteiger partial charge in [-0.15, -0.1) is 0 Å². The molecule has 0 aliphatic rings. The molecule has 0 aliphatic heterocycles. The third-order valence-electron chi connectivity index (χ3n) is 2.86. The van der Waals surface area contributed by atoms with Crippen LogP contribution in [0.3, 0.4) is 0 Å². The first-order valence-electron chi connectivity index (χ1n) is 6.38. The normalized spacial score (nSPS) is 10.3. The summed E-state index contributed by atoms with van der Waals surface area (Å²) < 4.78 is 5.40. The predicted molar refractivity (Wildman–Crippen MR) is 80.3 cm³/mol. The van der Waals surface area contributed by atoms with Gasteiger partial charge in [-0.05, 0) is 37.1 Å². The average molecular weight is 280 g/mol. The number of hydrogen-bond acceptors (Lipinski definition) is 3. The number of nitrogens with one attached hydrogen (secondary N) is 1. The van der Waals surface area contributed by atoms with E-state index in [9.17, 15) is 4.79 Å². The second-order valence-electron chi connectivity index (χ2n) is 4.26. The van der Waals surface area contributed by atoms with Gasteiger partial charge in [0.25, 0.3) is 5.91 Å². The fourth-order valence-corrected chi connectivity index (χ4v) is 1.76. The average Bonchev–Trinajstić information content (AvgIpc) is 2.43. The van der Waals surface area contributed by atoms with Crippen molar-refractivity contribution in [2.75, 3.05) is 6.61 Å². The molecule has 0 fully saturated rings. The highest BCUT2D eigenvalue weighted by atomic mass is 32.1. The number of ether oxygens (including phenoxy) is 1. The van der Waals surface area contributed by atoms with Gasteiger partial charge in [0.1, 0.15) is 10.7 Å². The summed E-state index contributed by atoms with van der Waals surface area (Å²) in [5.74, 6) is 0.520. The molecule has 0 spiro atoms. The van der Waals surface area contributed by atoms with Crippen molar-refractivity contribution in [1.29, 1.82) is 0 Å². The van der Waals surface area contributed by atoms with Gasteiger partial charge in [-0.2, -0.15) is 0 Å². The molecule has 3 N–H and O–H groups in total. The SMILES string of the molecule is CCC(CC)NC(=O)COc1ccc(C(N)=S)cc1. The van der Waals surface area contributed by atoms with Gasteiger partial charge in [-0.3, -0.25) is 4.79 Å². The maximum atomic E-state index is 11.6. The second-order valence-corrected chi connectivity index (χ2v) is 4.70. The van der Waals surface area contributed by atoms with Crippen LogP contribution < -0.4 is 15.8 Å². The summed E-state index contributed by atoms with van der Waals surface area (Å²) in [4.78, 5) is 12.0. The van der Waals surface area contributed by atoms with Gasteiger partial charge in [-0.1, -0.05) is 26.1 Å². The molecule has 0 heterocycles. The quantitative estimate of drug-likeness (QED) is 0.750. The largest absolute Gasteiger partial charge is 0.484 e. The Morgan fingerprint density at radius 1 is 1.32 bits per heavy atom. The summed E-state index contributed by atoms with van der Waals surface area (Å²) >= 11 is 4.86. The topological polar surface area (TPSA) is 64.3 Å². The Balaban J connectivity index is 2.43. The molecule has 0 saturated carbocycles. The van der Waals surface area contributed by atoms with Crippen LogP contribution >= 0.6 is 12.2 Å². The van der Waals surface area contributed by atoms with Crippen LogP contribution in [0.4, 0.5) is 0 Å². The minimum absolute atomic E-state index is 0.0168. The molecule has 0 atom stereocenters. The molecule has 0 aromatic heterocycles. The van der Waals surface area contributed by atoms with E-state index in [2.05, 4.69) is 5.32 Å². The minimum atomic E-state index is -0.105. The van der Waals surface area contributed by atoms with Crippen molar-refractivity contribution in [1.82, 2.24) is 5.32 Å². The van der Waals surface area contributed by atoms with E-state index in [0.717, 1.165) is 18.4 Å².